The maximum atomic E-state index is 10.0. The van der Waals surface area contributed by atoms with Gasteiger partial charge >= 0.3 is 0 Å². The topological polar surface area (TPSA) is 55.5 Å². The van der Waals surface area contributed by atoms with E-state index in [0.717, 1.165) is 15.6 Å². The van der Waals surface area contributed by atoms with Crippen LogP contribution in [0.2, 0.25) is 0 Å². The van der Waals surface area contributed by atoms with Gasteiger partial charge in [-0.05, 0) is 29.7 Å². The summed E-state index contributed by atoms with van der Waals surface area (Å²) in [5.41, 5.74) is 8.21. The molecule has 0 aliphatic heterocycles. The normalized spacial score (nSPS) is 13.9. The quantitative estimate of drug-likeness (QED) is 0.807. The molecule has 0 bridgehead atoms. The summed E-state index contributed by atoms with van der Waals surface area (Å²) in [4.78, 5) is 0. The average Bonchev–Trinajstić information content (AvgIpc) is 2.50. The lowest BCUT2D eigenvalue weighted by atomic mass is 10.0. The molecule has 2 atom stereocenters. The third kappa shape index (κ3) is 5.59. The summed E-state index contributed by atoms with van der Waals surface area (Å²) in [6.45, 7) is 0.715. The fourth-order valence-electron chi connectivity index (χ4n) is 2.02. The Hall–Kier alpha value is -1.20. The van der Waals surface area contributed by atoms with E-state index >= 15 is 0 Å². The lowest BCUT2D eigenvalue weighted by Crippen LogP contribution is -2.39. The number of hydrogen-bond donors (Lipinski definition) is 2. The van der Waals surface area contributed by atoms with E-state index in [4.69, 9.17) is 10.5 Å². The van der Waals surface area contributed by atoms with Crippen LogP contribution in [0.5, 0.6) is 0 Å². The molecule has 3 nitrogen and oxygen atoms in total. The van der Waals surface area contributed by atoms with Crippen LogP contribution in [-0.4, -0.2) is 23.9 Å². The second-order valence-corrected chi connectivity index (χ2v) is 5.98. The van der Waals surface area contributed by atoms with E-state index in [9.17, 15) is 5.11 Å². The SMILES string of the molecule is NC(Cc1ccccc1)C(O)COCc1ccc(Br)cc1. The summed E-state index contributed by atoms with van der Waals surface area (Å²) in [5.74, 6) is 0. The van der Waals surface area contributed by atoms with Crippen molar-refractivity contribution in [2.24, 2.45) is 5.73 Å². The van der Waals surface area contributed by atoms with Gasteiger partial charge in [-0.2, -0.15) is 0 Å². The van der Waals surface area contributed by atoms with Gasteiger partial charge in [-0.1, -0.05) is 58.4 Å². The minimum atomic E-state index is -0.666. The van der Waals surface area contributed by atoms with Gasteiger partial charge in [0, 0.05) is 10.5 Å². The van der Waals surface area contributed by atoms with Gasteiger partial charge in [-0.15, -0.1) is 0 Å². The molecule has 0 aliphatic rings. The van der Waals surface area contributed by atoms with E-state index < -0.39 is 6.10 Å². The second kappa shape index (κ2) is 8.29. The summed E-state index contributed by atoms with van der Waals surface area (Å²) in [6.07, 6.45) is -0.0236. The first-order valence-electron chi connectivity index (χ1n) is 6.95. The summed E-state index contributed by atoms with van der Waals surface area (Å²) in [5, 5.41) is 10.0. The van der Waals surface area contributed by atoms with Crippen molar-refractivity contribution >= 4 is 15.9 Å². The van der Waals surface area contributed by atoms with Crippen molar-refractivity contribution in [3.05, 3.63) is 70.2 Å². The number of halogens is 1. The largest absolute Gasteiger partial charge is 0.389 e. The van der Waals surface area contributed by atoms with E-state index in [1.165, 1.54) is 0 Å². The highest BCUT2D eigenvalue weighted by atomic mass is 79.9. The molecular weight excluding hydrogens is 330 g/mol. The Morgan fingerprint density at radius 3 is 2.33 bits per heavy atom. The van der Waals surface area contributed by atoms with Crippen LogP contribution in [0, 0.1) is 0 Å². The zero-order chi connectivity index (χ0) is 15.1. The molecule has 3 N–H and O–H groups in total. The number of ether oxygens (including phenoxy) is 1. The lowest BCUT2D eigenvalue weighted by Gasteiger charge is -2.19. The molecule has 112 valence electrons. The molecule has 0 aromatic heterocycles. The minimum Gasteiger partial charge on any atom is -0.389 e. The Morgan fingerprint density at radius 2 is 1.67 bits per heavy atom. The summed E-state index contributed by atoms with van der Waals surface area (Å²) in [7, 11) is 0. The molecule has 0 amide bonds. The maximum Gasteiger partial charge on any atom is 0.0927 e. The van der Waals surface area contributed by atoms with Crippen molar-refractivity contribution in [3.63, 3.8) is 0 Å². The van der Waals surface area contributed by atoms with Crippen molar-refractivity contribution < 1.29 is 9.84 Å². The zero-order valence-corrected chi connectivity index (χ0v) is 13.4. The third-order valence-electron chi connectivity index (χ3n) is 3.28. The Bertz CT molecular complexity index is 530. The summed E-state index contributed by atoms with van der Waals surface area (Å²) < 4.78 is 6.57. The predicted octanol–water partition coefficient (Wildman–Crippen LogP) is 2.90. The van der Waals surface area contributed by atoms with Gasteiger partial charge < -0.3 is 15.6 Å². The number of hydrogen-bond acceptors (Lipinski definition) is 3. The standard InChI is InChI=1S/C17H20BrNO2/c18-15-8-6-14(7-9-15)11-21-12-17(20)16(19)10-13-4-2-1-3-5-13/h1-9,16-17,20H,10-12,19H2. The van der Waals surface area contributed by atoms with Crippen molar-refractivity contribution in [1.82, 2.24) is 0 Å². The fraction of sp³-hybridized carbons (Fsp3) is 0.294. The molecule has 2 aromatic carbocycles. The average molecular weight is 350 g/mol. The van der Waals surface area contributed by atoms with Crippen molar-refractivity contribution in [2.75, 3.05) is 6.61 Å². The maximum absolute atomic E-state index is 10.0. The van der Waals surface area contributed by atoms with Crippen LogP contribution < -0.4 is 5.73 Å². The molecule has 0 radical (unpaired) electrons. The number of benzene rings is 2. The Labute approximate surface area is 133 Å². The van der Waals surface area contributed by atoms with Crippen molar-refractivity contribution in [1.29, 1.82) is 0 Å². The van der Waals surface area contributed by atoms with Crippen LogP contribution in [0.15, 0.2) is 59.1 Å². The van der Waals surface area contributed by atoms with Crippen LogP contribution >= 0.6 is 15.9 Å². The van der Waals surface area contributed by atoms with Gasteiger partial charge in [-0.25, -0.2) is 0 Å². The van der Waals surface area contributed by atoms with Crippen molar-refractivity contribution in [2.45, 2.75) is 25.2 Å². The summed E-state index contributed by atoms with van der Waals surface area (Å²) in [6, 6.07) is 17.5. The Balaban J connectivity index is 1.73. The summed E-state index contributed by atoms with van der Waals surface area (Å²) >= 11 is 3.39. The molecule has 21 heavy (non-hydrogen) atoms. The highest BCUT2D eigenvalue weighted by Gasteiger charge is 2.15. The van der Waals surface area contributed by atoms with Gasteiger partial charge in [0.1, 0.15) is 0 Å². The van der Waals surface area contributed by atoms with E-state index in [1.807, 2.05) is 54.6 Å². The van der Waals surface area contributed by atoms with Gasteiger partial charge in [0.25, 0.3) is 0 Å². The molecule has 0 heterocycles. The van der Waals surface area contributed by atoms with Crippen LogP contribution in [-0.2, 0) is 17.8 Å². The highest BCUT2D eigenvalue weighted by molar-refractivity contribution is 9.10. The number of aliphatic hydroxyl groups excluding tert-OH is 1. The minimum absolute atomic E-state index is 0.240. The highest BCUT2D eigenvalue weighted by Crippen LogP contribution is 2.11. The van der Waals surface area contributed by atoms with Crippen LogP contribution in [0.3, 0.4) is 0 Å². The first kappa shape index (κ1) is 16.2. The van der Waals surface area contributed by atoms with Gasteiger partial charge in [0.15, 0.2) is 0 Å². The Kier molecular flexibility index (Phi) is 6.39. The van der Waals surface area contributed by atoms with Gasteiger partial charge in [-0.3, -0.25) is 0 Å². The molecule has 0 saturated carbocycles. The van der Waals surface area contributed by atoms with Gasteiger partial charge in [0.05, 0.1) is 19.3 Å². The van der Waals surface area contributed by atoms with Crippen LogP contribution in [0.1, 0.15) is 11.1 Å². The fourth-order valence-corrected chi connectivity index (χ4v) is 2.29. The first-order valence-corrected chi connectivity index (χ1v) is 7.74. The number of rotatable bonds is 7. The molecule has 2 aromatic rings. The molecule has 0 saturated heterocycles. The van der Waals surface area contributed by atoms with Gasteiger partial charge in [0.2, 0.25) is 0 Å². The molecule has 2 rings (SSSR count). The van der Waals surface area contributed by atoms with E-state index in [-0.39, 0.29) is 12.6 Å². The predicted molar refractivity (Wildman–Crippen MR) is 87.9 cm³/mol. The van der Waals surface area contributed by atoms with E-state index in [0.29, 0.717) is 13.0 Å². The molecule has 4 heteroatoms. The first-order chi connectivity index (χ1) is 10.1. The second-order valence-electron chi connectivity index (χ2n) is 5.06. The molecule has 2 unspecified atom stereocenters. The number of nitrogens with two attached hydrogens (primary N) is 1. The van der Waals surface area contributed by atoms with Crippen LogP contribution in [0.4, 0.5) is 0 Å². The zero-order valence-electron chi connectivity index (χ0n) is 11.8. The molecule has 0 spiro atoms. The molecule has 0 aliphatic carbocycles. The van der Waals surface area contributed by atoms with E-state index in [2.05, 4.69) is 15.9 Å². The third-order valence-corrected chi connectivity index (χ3v) is 3.81. The molecule has 0 fully saturated rings. The monoisotopic (exact) mass is 349 g/mol. The molecular formula is C17H20BrNO2. The van der Waals surface area contributed by atoms with Crippen molar-refractivity contribution in [3.8, 4) is 0 Å². The Morgan fingerprint density at radius 1 is 1.00 bits per heavy atom. The lowest BCUT2D eigenvalue weighted by molar-refractivity contribution is 0.0160. The number of aliphatic hydroxyl groups is 1. The van der Waals surface area contributed by atoms with Crippen LogP contribution in [0.25, 0.3) is 0 Å². The van der Waals surface area contributed by atoms with E-state index in [1.54, 1.807) is 0 Å². The smallest absolute Gasteiger partial charge is 0.0927 e.